The van der Waals surface area contributed by atoms with Gasteiger partial charge in [-0.1, -0.05) is 6.07 Å². The van der Waals surface area contributed by atoms with Gasteiger partial charge in [-0.2, -0.15) is 0 Å². The Bertz CT molecular complexity index is 686. The van der Waals surface area contributed by atoms with Crippen LogP contribution in [0.5, 0.6) is 0 Å². The Morgan fingerprint density at radius 3 is 2.84 bits per heavy atom. The van der Waals surface area contributed by atoms with Gasteiger partial charge in [-0.05, 0) is 52.9 Å². The molecule has 0 bridgehead atoms. The van der Waals surface area contributed by atoms with E-state index < -0.39 is 5.97 Å². The lowest BCUT2D eigenvalue weighted by atomic mass is 10.2. The summed E-state index contributed by atoms with van der Waals surface area (Å²) in [5.41, 5.74) is 1.02. The zero-order valence-electron chi connectivity index (χ0n) is 9.67. The van der Waals surface area contributed by atoms with Crippen molar-refractivity contribution in [3.63, 3.8) is 0 Å². The van der Waals surface area contributed by atoms with E-state index in [2.05, 4.69) is 27.6 Å². The summed E-state index contributed by atoms with van der Waals surface area (Å²) in [5, 5.41) is 0. The van der Waals surface area contributed by atoms with Crippen molar-refractivity contribution in [1.82, 2.24) is 0 Å². The maximum Gasteiger partial charge on any atom is 0.363 e. The van der Waals surface area contributed by atoms with Crippen LogP contribution in [0.15, 0.2) is 57.8 Å². The van der Waals surface area contributed by atoms with Crippen molar-refractivity contribution in [3.8, 4) is 0 Å². The number of hydrogen-bond donors (Lipinski definition) is 0. The molecule has 1 aromatic carbocycles. The molecule has 1 aliphatic rings. The van der Waals surface area contributed by atoms with Crippen LogP contribution in [-0.4, -0.2) is 11.9 Å². The fourth-order valence-electron chi connectivity index (χ4n) is 1.66. The summed E-state index contributed by atoms with van der Waals surface area (Å²) in [7, 11) is 0. The maximum atomic E-state index is 11.7. The standard InChI is InChI=1S/C14H8INO3/c15-10-4-1-3-9(7-10)13-16-12(14(17)19-13)8-11-5-2-6-18-11/h1-8H/b12-8-. The predicted octanol–water partition coefficient (Wildman–Crippen LogP) is 3.23. The first-order valence-corrected chi connectivity index (χ1v) is 6.62. The molecule has 0 atom stereocenters. The van der Waals surface area contributed by atoms with Gasteiger partial charge in [-0.15, -0.1) is 0 Å². The number of benzene rings is 1. The molecule has 94 valence electrons. The predicted molar refractivity (Wildman–Crippen MR) is 78.5 cm³/mol. The third-order valence-corrected chi connectivity index (χ3v) is 3.19. The molecule has 0 radical (unpaired) electrons. The minimum Gasteiger partial charge on any atom is -0.465 e. The van der Waals surface area contributed by atoms with Crippen LogP contribution in [0.4, 0.5) is 0 Å². The molecule has 0 saturated heterocycles. The highest BCUT2D eigenvalue weighted by Gasteiger charge is 2.24. The van der Waals surface area contributed by atoms with Gasteiger partial charge in [0.15, 0.2) is 5.70 Å². The Labute approximate surface area is 122 Å². The molecule has 0 saturated carbocycles. The summed E-state index contributed by atoms with van der Waals surface area (Å²) in [4.78, 5) is 15.9. The van der Waals surface area contributed by atoms with E-state index in [1.807, 2.05) is 24.3 Å². The fraction of sp³-hybridized carbons (Fsp3) is 0. The Kier molecular flexibility index (Phi) is 3.20. The molecule has 19 heavy (non-hydrogen) atoms. The Balaban J connectivity index is 1.95. The van der Waals surface area contributed by atoms with Crippen LogP contribution in [0.3, 0.4) is 0 Å². The Hall–Kier alpha value is -1.89. The normalized spacial score (nSPS) is 16.6. The summed E-state index contributed by atoms with van der Waals surface area (Å²) in [6.07, 6.45) is 3.10. The summed E-state index contributed by atoms with van der Waals surface area (Å²) >= 11 is 2.20. The SMILES string of the molecule is O=C1OC(c2cccc(I)c2)=N/C1=C\c1ccco1. The lowest BCUT2D eigenvalue weighted by Gasteiger charge is -1.99. The number of nitrogens with zero attached hydrogens (tertiary/aromatic N) is 1. The fourth-order valence-corrected chi connectivity index (χ4v) is 2.21. The highest BCUT2D eigenvalue weighted by molar-refractivity contribution is 14.1. The van der Waals surface area contributed by atoms with Gasteiger partial charge in [0.1, 0.15) is 5.76 Å². The van der Waals surface area contributed by atoms with Gasteiger partial charge in [0, 0.05) is 15.2 Å². The van der Waals surface area contributed by atoms with E-state index >= 15 is 0 Å². The summed E-state index contributed by atoms with van der Waals surface area (Å²) in [6, 6.07) is 11.1. The first kappa shape index (κ1) is 12.2. The van der Waals surface area contributed by atoms with Crippen molar-refractivity contribution in [2.45, 2.75) is 0 Å². The van der Waals surface area contributed by atoms with Gasteiger partial charge in [-0.3, -0.25) is 0 Å². The molecule has 3 rings (SSSR count). The van der Waals surface area contributed by atoms with Crippen LogP contribution in [0.1, 0.15) is 11.3 Å². The van der Waals surface area contributed by atoms with E-state index in [9.17, 15) is 4.79 Å². The number of cyclic esters (lactones) is 1. The maximum absolute atomic E-state index is 11.7. The van der Waals surface area contributed by atoms with Gasteiger partial charge in [0.25, 0.3) is 0 Å². The minimum atomic E-state index is -0.467. The lowest BCUT2D eigenvalue weighted by Crippen LogP contribution is -2.05. The Morgan fingerprint density at radius 1 is 1.21 bits per heavy atom. The topological polar surface area (TPSA) is 51.8 Å². The summed E-state index contributed by atoms with van der Waals surface area (Å²) < 4.78 is 11.4. The highest BCUT2D eigenvalue weighted by Crippen LogP contribution is 2.20. The molecule has 2 heterocycles. The molecule has 0 N–H and O–H groups in total. The molecular formula is C14H8INO3. The molecule has 4 nitrogen and oxygen atoms in total. The summed E-state index contributed by atoms with van der Waals surface area (Å²) in [6.45, 7) is 0. The first-order chi connectivity index (χ1) is 9.22. The molecule has 2 aromatic rings. The van der Waals surface area contributed by atoms with Gasteiger partial charge >= 0.3 is 5.97 Å². The van der Waals surface area contributed by atoms with E-state index in [0.717, 1.165) is 9.13 Å². The molecular weight excluding hydrogens is 357 g/mol. The number of halogens is 1. The number of esters is 1. The average Bonchev–Trinajstić information content (AvgIpc) is 3.01. The van der Waals surface area contributed by atoms with Crippen molar-refractivity contribution >= 4 is 40.5 Å². The lowest BCUT2D eigenvalue weighted by molar-refractivity contribution is -0.129. The second-order valence-electron chi connectivity index (χ2n) is 3.86. The molecule has 0 spiro atoms. The number of carbonyl (C=O) groups excluding carboxylic acids is 1. The molecule has 0 unspecified atom stereocenters. The zero-order chi connectivity index (χ0) is 13.2. The second-order valence-corrected chi connectivity index (χ2v) is 5.11. The highest BCUT2D eigenvalue weighted by atomic mass is 127. The molecule has 1 aliphatic heterocycles. The molecule has 0 fully saturated rings. The van der Waals surface area contributed by atoms with Crippen LogP contribution >= 0.6 is 22.6 Å². The van der Waals surface area contributed by atoms with Crippen molar-refractivity contribution in [2.75, 3.05) is 0 Å². The third kappa shape index (κ3) is 2.60. The van der Waals surface area contributed by atoms with Gasteiger partial charge < -0.3 is 9.15 Å². The van der Waals surface area contributed by atoms with E-state index in [1.165, 1.54) is 6.26 Å². The number of rotatable bonds is 2. The van der Waals surface area contributed by atoms with Gasteiger partial charge in [0.2, 0.25) is 5.90 Å². The van der Waals surface area contributed by atoms with Crippen molar-refractivity contribution in [2.24, 2.45) is 4.99 Å². The van der Waals surface area contributed by atoms with Crippen LogP contribution in [0, 0.1) is 3.57 Å². The second kappa shape index (κ2) is 5.00. The Morgan fingerprint density at radius 2 is 2.11 bits per heavy atom. The third-order valence-electron chi connectivity index (χ3n) is 2.51. The van der Waals surface area contributed by atoms with E-state index in [4.69, 9.17) is 9.15 Å². The zero-order valence-corrected chi connectivity index (χ0v) is 11.8. The number of furan rings is 1. The number of aliphatic imine (C=N–C) groups is 1. The average molecular weight is 365 g/mol. The smallest absolute Gasteiger partial charge is 0.363 e. The van der Waals surface area contributed by atoms with E-state index in [-0.39, 0.29) is 5.70 Å². The molecule has 1 aromatic heterocycles. The van der Waals surface area contributed by atoms with Crippen LogP contribution in [-0.2, 0) is 9.53 Å². The quantitative estimate of drug-likeness (QED) is 0.467. The number of hydrogen-bond acceptors (Lipinski definition) is 4. The van der Waals surface area contributed by atoms with Crippen molar-refractivity contribution < 1.29 is 13.9 Å². The van der Waals surface area contributed by atoms with Crippen LogP contribution < -0.4 is 0 Å². The van der Waals surface area contributed by atoms with E-state index in [0.29, 0.717) is 11.7 Å². The summed E-state index contributed by atoms with van der Waals surface area (Å²) in [5.74, 6) is 0.422. The number of carbonyl (C=O) groups is 1. The van der Waals surface area contributed by atoms with Crippen LogP contribution in [0.2, 0.25) is 0 Å². The van der Waals surface area contributed by atoms with Crippen LogP contribution in [0.25, 0.3) is 6.08 Å². The van der Waals surface area contributed by atoms with Crippen molar-refractivity contribution in [3.05, 3.63) is 63.3 Å². The van der Waals surface area contributed by atoms with E-state index in [1.54, 1.807) is 18.2 Å². The molecule has 5 heteroatoms. The van der Waals surface area contributed by atoms with Gasteiger partial charge in [-0.25, -0.2) is 9.79 Å². The minimum absolute atomic E-state index is 0.240. The number of ether oxygens (including phenoxy) is 1. The largest absolute Gasteiger partial charge is 0.465 e. The van der Waals surface area contributed by atoms with Gasteiger partial charge in [0.05, 0.1) is 6.26 Å². The first-order valence-electron chi connectivity index (χ1n) is 5.54. The van der Waals surface area contributed by atoms with Crippen molar-refractivity contribution in [1.29, 1.82) is 0 Å². The molecule has 0 amide bonds. The molecule has 0 aliphatic carbocycles. The monoisotopic (exact) mass is 365 g/mol.